The Labute approximate surface area is 191 Å². The summed E-state index contributed by atoms with van der Waals surface area (Å²) >= 11 is 0. The van der Waals surface area contributed by atoms with Crippen molar-refractivity contribution in [2.45, 2.75) is 79.1 Å². The van der Waals surface area contributed by atoms with Crippen molar-refractivity contribution in [3.8, 4) is 0 Å². The predicted molar refractivity (Wildman–Crippen MR) is 99.3 cm³/mol. The maximum Gasteiger partial charge on any atom is 0.483 e. The zero-order valence-electron chi connectivity index (χ0n) is 16.6. The predicted octanol–water partition coefficient (Wildman–Crippen LogP) is 5.67. The van der Waals surface area contributed by atoms with Gasteiger partial charge >= 0.3 is 15.6 Å². The van der Waals surface area contributed by atoms with Crippen LogP contribution in [0.5, 0.6) is 0 Å². The maximum absolute atomic E-state index is 12.7. The molecule has 0 aliphatic rings. The van der Waals surface area contributed by atoms with Crippen LogP contribution < -0.4 is 0 Å². The number of rotatable bonds is 16. The van der Waals surface area contributed by atoms with Crippen molar-refractivity contribution in [3.63, 3.8) is 0 Å². The van der Waals surface area contributed by atoms with Gasteiger partial charge in [-0.25, -0.2) is 9.13 Å². The van der Waals surface area contributed by atoms with Crippen LogP contribution in [0.4, 0.5) is 0 Å². The van der Waals surface area contributed by atoms with Gasteiger partial charge in [0.15, 0.2) is 0 Å². The van der Waals surface area contributed by atoms with E-state index >= 15 is 0 Å². The standard InChI is InChI=1S/C16H36O7P2.Nd/c1-5-9-11-15(7-3)13-21-25(20,23-24(17,18)19)22-14-16(8-4)12-10-6-2;/h15-16H,5-14H2,1-4H3,(H2,17,18,19);. The second-order valence-electron chi connectivity index (χ2n) is 6.44. The largest absolute Gasteiger partial charge is 0.483 e. The van der Waals surface area contributed by atoms with Crippen LogP contribution in [0.25, 0.3) is 0 Å². The molecule has 0 aromatic rings. The number of hydrogen-bond acceptors (Lipinski definition) is 5. The van der Waals surface area contributed by atoms with Crippen molar-refractivity contribution >= 4 is 15.6 Å². The van der Waals surface area contributed by atoms with Crippen molar-refractivity contribution < 1.29 is 73.1 Å². The van der Waals surface area contributed by atoms with Gasteiger partial charge < -0.3 is 9.79 Å². The van der Waals surface area contributed by atoms with E-state index in [0.717, 1.165) is 51.4 Å². The minimum Gasteiger partial charge on any atom is -0.302 e. The van der Waals surface area contributed by atoms with E-state index in [1.807, 2.05) is 13.8 Å². The summed E-state index contributed by atoms with van der Waals surface area (Å²) in [6, 6.07) is 0. The third-order valence-corrected chi connectivity index (χ3v) is 6.81. The van der Waals surface area contributed by atoms with Gasteiger partial charge in [0.1, 0.15) is 0 Å². The second kappa shape index (κ2) is 16.4. The molecule has 2 N–H and O–H groups in total. The number of phosphoric acid groups is 2. The molecule has 26 heavy (non-hydrogen) atoms. The topological polar surface area (TPSA) is 102 Å². The molecule has 0 aliphatic heterocycles. The Morgan fingerprint density at radius 1 is 0.808 bits per heavy atom. The van der Waals surface area contributed by atoms with Crippen LogP contribution in [0.2, 0.25) is 0 Å². The summed E-state index contributed by atoms with van der Waals surface area (Å²) < 4.78 is 38.8. The number of hydrogen-bond donors (Lipinski definition) is 2. The molecule has 0 aromatic carbocycles. The molecule has 0 rings (SSSR count). The van der Waals surface area contributed by atoms with Crippen LogP contribution >= 0.6 is 15.6 Å². The fraction of sp³-hybridized carbons (Fsp3) is 1.00. The maximum atomic E-state index is 12.7. The van der Waals surface area contributed by atoms with Gasteiger partial charge in [-0.3, -0.25) is 9.05 Å². The first-order valence-corrected chi connectivity index (χ1v) is 12.3. The van der Waals surface area contributed by atoms with Gasteiger partial charge in [0, 0.05) is 40.8 Å². The molecule has 0 bridgehead atoms. The van der Waals surface area contributed by atoms with E-state index in [1.165, 1.54) is 0 Å². The Hall–Kier alpha value is 1.61. The molecule has 0 saturated heterocycles. The molecule has 0 aliphatic carbocycles. The summed E-state index contributed by atoms with van der Waals surface area (Å²) in [5, 5.41) is 0. The van der Waals surface area contributed by atoms with Gasteiger partial charge in [-0.15, -0.1) is 0 Å². The zero-order valence-corrected chi connectivity index (χ0v) is 21.6. The molecular formula is C16H36NdO7P2. The van der Waals surface area contributed by atoms with Gasteiger partial charge in [-0.1, -0.05) is 66.2 Å². The van der Waals surface area contributed by atoms with Crippen molar-refractivity contribution in [3.05, 3.63) is 0 Å². The molecule has 0 spiro atoms. The summed E-state index contributed by atoms with van der Waals surface area (Å²) in [6.45, 7) is 8.35. The Bertz CT molecular complexity index is 407. The molecule has 0 radical (unpaired) electrons. The smallest absolute Gasteiger partial charge is 0.302 e. The van der Waals surface area contributed by atoms with Gasteiger partial charge in [0.25, 0.3) is 0 Å². The normalized spacial score (nSPS) is 16.5. The van der Waals surface area contributed by atoms with E-state index in [4.69, 9.17) is 18.8 Å². The van der Waals surface area contributed by atoms with E-state index in [0.29, 0.717) is 0 Å². The first-order chi connectivity index (χ1) is 11.7. The summed E-state index contributed by atoms with van der Waals surface area (Å²) in [5.74, 6) is 0.304. The molecule has 10 heteroatoms. The minimum absolute atomic E-state index is 0. The first-order valence-electron chi connectivity index (χ1n) is 9.35. The van der Waals surface area contributed by atoms with Gasteiger partial charge in [-0.2, -0.15) is 4.31 Å². The molecule has 0 aromatic heterocycles. The van der Waals surface area contributed by atoms with Gasteiger partial charge in [0.05, 0.1) is 13.2 Å². The molecule has 2 atom stereocenters. The Morgan fingerprint density at radius 2 is 1.19 bits per heavy atom. The minimum atomic E-state index is -4.98. The Morgan fingerprint density at radius 3 is 1.46 bits per heavy atom. The summed E-state index contributed by atoms with van der Waals surface area (Å²) in [5.41, 5.74) is 0. The molecule has 7 nitrogen and oxygen atoms in total. The zero-order chi connectivity index (χ0) is 19.3. The van der Waals surface area contributed by atoms with Crippen molar-refractivity contribution in [1.82, 2.24) is 0 Å². The molecule has 0 fully saturated rings. The van der Waals surface area contributed by atoms with Crippen molar-refractivity contribution in [2.24, 2.45) is 11.8 Å². The van der Waals surface area contributed by atoms with Crippen LogP contribution in [-0.4, -0.2) is 23.0 Å². The van der Waals surface area contributed by atoms with E-state index < -0.39 is 15.6 Å². The Balaban J connectivity index is 0. The number of unbranched alkanes of at least 4 members (excludes halogenated alkanes) is 2. The SMILES string of the molecule is CCCCC(CC)COP(=O)(OCC(CC)CCCC)OP(=O)(O)O.[Nd]. The third kappa shape index (κ3) is 15.5. The average Bonchev–Trinajstić information content (AvgIpc) is 2.53. The summed E-state index contributed by atoms with van der Waals surface area (Å²) in [7, 11) is -9.28. The molecule has 0 amide bonds. The first kappa shape index (κ1) is 29.8. The van der Waals surface area contributed by atoms with Crippen LogP contribution in [0, 0.1) is 52.7 Å². The number of phosphoric ester groups is 1. The molecular weight excluding hydrogens is 510 g/mol. The van der Waals surface area contributed by atoms with Crippen molar-refractivity contribution in [2.75, 3.05) is 13.2 Å². The van der Waals surface area contributed by atoms with Gasteiger partial charge in [-0.05, 0) is 24.7 Å². The van der Waals surface area contributed by atoms with Crippen LogP contribution in [0.3, 0.4) is 0 Å². The van der Waals surface area contributed by atoms with E-state index in [-0.39, 0.29) is 65.9 Å². The van der Waals surface area contributed by atoms with E-state index in [1.54, 1.807) is 0 Å². The fourth-order valence-corrected chi connectivity index (χ4v) is 4.68. The van der Waals surface area contributed by atoms with Crippen LogP contribution in [0.15, 0.2) is 0 Å². The van der Waals surface area contributed by atoms with Gasteiger partial charge in [0.2, 0.25) is 0 Å². The summed E-state index contributed by atoms with van der Waals surface area (Å²) in [4.78, 5) is 18.1. The third-order valence-electron chi connectivity index (χ3n) is 4.23. The fourth-order valence-electron chi connectivity index (χ4n) is 2.40. The van der Waals surface area contributed by atoms with Crippen LogP contribution in [-0.2, 0) is 22.5 Å². The Kier molecular flexibility index (Phi) is 18.8. The van der Waals surface area contributed by atoms with E-state index in [2.05, 4.69) is 18.2 Å². The van der Waals surface area contributed by atoms with Crippen molar-refractivity contribution in [1.29, 1.82) is 0 Å². The van der Waals surface area contributed by atoms with Crippen LogP contribution in [0.1, 0.15) is 79.1 Å². The molecule has 0 saturated carbocycles. The summed E-state index contributed by atoms with van der Waals surface area (Å²) in [6.07, 6.45) is 7.56. The molecule has 156 valence electrons. The molecule has 0 heterocycles. The quantitative estimate of drug-likeness (QED) is 0.241. The average molecular weight is 547 g/mol. The van der Waals surface area contributed by atoms with E-state index in [9.17, 15) is 9.13 Å². The monoisotopic (exact) mass is 544 g/mol. The molecule has 2 unspecified atom stereocenters. The second-order valence-corrected chi connectivity index (χ2v) is 9.49.